The normalized spacial score (nSPS) is 13.6. The Labute approximate surface area is 71.9 Å². The summed E-state index contributed by atoms with van der Waals surface area (Å²) in [5, 5.41) is 0.483. The molecule has 0 aromatic carbocycles. The van der Waals surface area contributed by atoms with Crippen molar-refractivity contribution < 1.29 is 13.6 Å². The third-order valence-electron chi connectivity index (χ3n) is 1.21. The Morgan fingerprint density at radius 3 is 2.27 bits per heavy atom. The highest BCUT2D eigenvalue weighted by Crippen LogP contribution is 2.48. The molecule has 0 bridgehead atoms. The summed E-state index contributed by atoms with van der Waals surface area (Å²) in [6.45, 7) is 1.76. The molecule has 66 valence electrons. The van der Waals surface area contributed by atoms with E-state index in [0.29, 0.717) is 5.03 Å². The first kappa shape index (κ1) is 11.2. The van der Waals surface area contributed by atoms with E-state index >= 15 is 0 Å². The van der Waals surface area contributed by atoms with E-state index in [9.17, 15) is 4.57 Å². The van der Waals surface area contributed by atoms with Crippen molar-refractivity contribution in [2.45, 2.75) is 6.92 Å². The molecule has 0 fully saturated rings. The van der Waals surface area contributed by atoms with Gasteiger partial charge in [0.25, 0.3) is 0 Å². The smallest absolute Gasteiger partial charge is 0.312 e. The van der Waals surface area contributed by atoms with Gasteiger partial charge in [-0.25, -0.2) is 0 Å². The third kappa shape index (κ3) is 3.92. The lowest BCUT2D eigenvalue weighted by atomic mass is 10.6. The van der Waals surface area contributed by atoms with Crippen LogP contribution in [0.3, 0.4) is 0 Å². The summed E-state index contributed by atoms with van der Waals surface area (Å²) in [6.07, 6.45) is 1.80. The molecule has 5 heteroatoms. The van der Waals surface area contributed by atoms with Gasteiger partial charge in [0, 0.05) is 19.3 Å². The zero-order valence-electron chi connectivity index (χ0n) is 6.83. The molecule has 0 heterocycles. The average Bonchev–Trinajstić information content (AvgIpc) is 2.04. The van der Waals surface area contributed by atoms with Gasteiger partial charge in [-0.1, -0.05) is 17.7 Å². The molecule has 0 aromatic rings. The van der Waals surface area contributed by atoms with Crippen molar-refractivity contribution in [1.29, 1.82) is 0 Å². The molecule has 0 aliphatic heterocycles. The summed E-state index contributed by atoms with van der Waals surface area (Å²) in [5.74, 6) is 0. The molecule has 0 aromatic heterocycles. The number of halogens is 1. The molecule has 0 unspecified atom stereocenters. The number of allylic oxidation sites excluding steroid dienone is 2. The molecule has 11 heavy (non-hydrogen) atoms. The summed E-state index contributed by atoms with van der Waals surface area (Å²) in [5.41, 5.74) is 0. The van der Waals surface area contributed by atoms with Gasteiger partial charge in [0.05, 0.1) is 6.16 Å². The maximum absolute atomic E-state index is 11.4. The highest BCUT2D eigenvalue weighted by atomic mass is 35.5. The van der Waals surface area contributed by atoms with Crippen LogP contribution in [0.2, 0.25) is 0 Å². The van der Waals surface area contributed by atoms with E-state index in [1.54, 1.807) is 13.0 Å². The predicted octanol–water partition coefficient (Wildman–Crippen LogP) is 2.61. The van der Waals surface area contributed by atoms with E-state index in [0.717, 1.165) is 0 Å². The molecular weight excluding hydrogens is 186 g/mol. The Morgan fingerprint density at radius 2 is 2.00 bits per heavy atom. The van der Waals surface area contributed by atoms with E-state index in [-0.39, 0.29) is 6.16 Å². The lowest BCUT2D eigenvalue weighted by Crippen LogP contribution is -1.94. The van der Waals surface area contributed by atoms with Gasteiger partial charge in [-0.2, -0.15) is 0 Å². The minimum absolute atomic E-state index is 0.137. The lowest BCUT2D eigenvalue weighted by molar-refractivity contribution is 0.278. The van der Waals surface area contributed by atoms with Gasteiger partial charge >= 0.3 is 7.60 Å². The van der Waals surface area contributed by atoms with Crippen molar-refractivity contribution in [3.8, 4) is 0 Å². The minimum atomic E-state index is -2.95. The van der Waals surface area contributed by atoms with Crippen LogP contribution in [0.1, 0.15) is 6.92 Å². The molecule has 3 nitrogen and oxygen atoms in total. The summed E-state index contributed by atoms with van der Waals surface area (Å²) in [6, 6.07) is 0. The zero-order chi connectivity index (χ0) is 8.91. The molecule has 0 radical (unpaired) electrons. The molecule has 0 saturated carbocycles. The molecule has 0 aliphatic rings. The van der Waals surface area contributed by atoms with Crippen molar-refractivity contribution in [3.05, 3.63) is 11.1 Å². The molecule has 0 amide bonds. The summed E-state index contributed by atoms with van der Waals surface area (Å²) in [7, 11) is -0.279. The first-order chi connectivity index (χ1) is 5.08. The van der Waals surface area contributed by atoms with E-state index in [4.69, 9.17) is 11.6 Å². The fraction of sp³-hybridized carbons (Fsp3) is 0.667. The maximum Gasteiger partial charge on any atom is 0.335 e. The molecule has 0 saturated heterocycles. The molecule has 0 N–H and O–H groups in total. The highest BCUT2D eigenvalue weighted by Gasteiger charge is 2.21. The van der Waals surface area contributed by atoms with Gasteiger partial charge in [-0.05, 0) is 6.92 Å². The van der Waals surface area contributed by atoms with Crippen LogP contribution in [0.5, 0.6) is 0 Å². The molecule has 0 atom stereocenters. The van der Waals surface area contributed by atoms with Gasteiger partial charge in [0.1, 0.15) is 0 Å². The first-order valence-corrected chi connectivity index (χ1v) is 5.19. The first-order valence-electron chi connectivity index (χ1n) is 3.09. The topological polar surface area (TPSA) is 35.5 Å². The molecule has 0 spiro atoms. The van der Waals surface area contributed by atoms with Crippen molar-refractivity contribution in [2.75, 3.05) is 20.4 Å². The second kappa shape index (κ2) is 4.94. The molecular formula is C6H12ClO3P. The predicted molar refractivity (Wildman–Crippen MR) is 46.1 cm³/mol. The summed E-state index contributed by atoms with van der Waals surface area (Å²) < 4.78 is 20.7. The fourth-order valence-electron chi connectivity index (χ4n) is 0.480. The van der Waals surface area contributed by atoms with E-state index < -0.39 is 7.60 Å². The van der Waals surface area contributed by atoms with Crippen LogP contribution in [-0.2, 0) is 13.6 Å². The van der Waals surface area contributed by atoms with Crippen molar-refractivity contribution >= 4 is 19.2 Å². The average molecular weight is 199 g/mol. The van der Waals surface area contributed by atoms with Crippen LogP contribution >= 0.6 is 19.2 Å². The lowest BCUT2D eigenvalue weighted by Gasteiger charge is -2.11. The monoisotopic (exact) mass is 198 g/mol. The van der Waals surface area contributed by atoms with Crippen molar-refractivity contribution in [2.24, 2.45) is 0 Å². The van der Waals surface area contributed by atoms with Gasteiger partial charge < -0.3 is 9.05 Å². The van der Waals surface area contributed by atoms with Gasteiger partial charge in [0.2, 0.25) is 0 Å². The second-order valence-corrected chi connectivity index (χ2v) is 4.62. The third-order valence-corrected chi connectivity index (χ3v) is 3.59. The number of hydrogen-bond acceptors (Lipinski definition) is 3. The van der Waals surface area contributed by atoms with Crippen LogP contribution in [0.15, 0.2) is 11.1 Å². The number of hydrogen-bond donors (Lipinski definition) is 0. The fourth-order valence-corrected chi connectivity index (χ4v) is 1.88. The van der Waals surface area contributed by atoms with Crippen LogP contribution in [0, 0.1) is 0 Å². The SMILES string of the molecule is C/C=C(\Cl)CP(=O)(OC)OC. The Bertz CT molecular complexity index is 182. The van der Waals surface area contributed by atoms with Gasteiger partial charge in [-0.3, -0.25) is 4.57 Å². The van der Waals surface area contributed by atoms with Gasteiger partial charge in [0.15, 0.2) is 0 Å². The Hall–Kier alpha value is 0.180. The van der Waals surface area contributed by atoms with Crippen molar-refractivity contribution in [3.63, 3.8) is 0 Å². The summed E-state index contributed by atoms with van der Waals surface area (Å²) in [4.78, 5) is 0. The quantitative estimate of drug-likeness (QED) is 0.652. The summed E-state index contributed by atoms with van der Waals surface area (Å²) >= 11 is 5.64. The largest absolute Gasteiger partial charge is 0.335 e. The Balaban J connectivity index is 4.20. The van der Waals surface area contributed by atoms with Gasteiger partial charge in [-0.15, -0.1) is 0 Å². The van der Waals surface area contributed by atoms with Crippen LogP contribution in [-0.4, -0.2) is 20.4 Å². The molecule has 0 aliphatic carbocycles. The van der Waals surface area contributed by atoms with Crippen LogP contribution in [0.4, 0.5) is 0 Å². The van der Waals surface area contributed by atoms with E-state index in [1.165, 1.54) is 14.2 Å². The van der Waals surface area contributed by atoms with Crippen LogP contribution < -0.4 is 0 Å². The zero-order valence-corrected chi connectivity index (χ0v) is 8.48. The Kier molecular flexibility index (Phi) is 5.02. The van der Waals surface area contributed by atoms with E-state index in [1.807, 2.05) is 0 Å². The second-order valence-electron chi connectivity index (χ2n) is 1.87. The standard InChI is InChI=1S/C6H12ClO3P/c1-4-6(7)5-11(8,9-2)10-3/h4H,5H2,1-3H3/b6-4-. The van der Waals surface area contributed by atoms with Crippen LogP contribution in [0.25, 0.3) is 0 Å². The van der Waals surface area contributed by atoms with Crippen molar-refractivity contribution in [1.82, 2.24) is 0 Å². The Morgan fingerprint density at radius 1 is 1.55 bits per heavy atom. The number of rotatable bonds is 4. The maximum atomic E-state index is 11.4. The highest BCUT2D eigenvalue weighted by molar-refractivity contribution is 7.54. The molecule has 0 rings (SSSR count). The minimum Gasteiger partial charge on any atom is -0.312 e. The van der Waals surface area contributed by atoms with E-state index in [2.05, 4.69) is 9.05 Å².